The average Bonchev–Trinajstić information content (AvgIpc) is 3.48. The number of aromatic nitrogens is 5. The summed E-state index contributed by atoms with van der Waals surface area (Å²) in [6.45, 7) is 14.4. The molecule has 3 aromatic heterocycles. The van der Waals surface area contributed by atoms with E-state index in [1.807, 2.05) is 76.0 Å². The van der Waals surface area contributed by atoms with Crippen molar-refractivity contribution in [3.63, 3.8) is 0 Å². The highest BCUT2D eigenvalue weighted by Crippen LogP contribution is 2.37. The number of H-pyrrole nitrogens is 1. The molecule has 4 rings (SSSR count). The smallest absolute Gasteiger partial charge is 0.276 e. The number of aryl methyl sites for hydroxylation is 1. The minimum absolute atomic E-state index is 0.258. The number of aromatic amines is 1. The van der Waals surface area contributed by atoms with Gasteiger partial charge in [0.2, 0.25) is 0 Å². The number of methoxy groups -OCH3 is 1. The van der Waals surface area contributed by atoms with Gasteiger partial charge in [-0.2, -0.15) is 0 Å². The molecule has 7 heteroatoms. The molecule has 0 saturated carbocycles. The molecule has 1 aromatic carbocycles. The summed E-state index contributed by atoms with van der Waals surface area (Å²) in [5, 5.41) is 4.70. The molecule has 4 aromatic rings. The number of allylic oxidation sites excluding steroid dienone is 5. The van der Waals surface area contributed by atoms with Crippen LogP contribution in [-0.4, -0.2) is 31.3 Å². The van der Waals surface area contributed by atoms with Gasteiger partial charge in [0.15, 0.2) is 11.6 Å². The molecule has 0 aliphatic heterocycles. The summed E-state index contributed by atoms with van der Waals surface area (Å²) in [5.74, 6) is 1.74. The van der Waals surface area contributed by atoms with Gasteiger partial charge in [0, 0.05) is 36.8 Å². The zero-order chi connectivity index (χ0) is 26.4. The van der Waals surface area contributed by atoms with Crippen molar-refractivity contribution in [2.75, 3.05) is 7.11 Å². The molecule has 0 spiro atoms. The monoisotopic (exact) mass is 485 g/mol. The van der Waals surface area contributed by atoms with Crippen molar-refractivity contribution < 1.29 is 4.74 Å². The topological polar surface area (TPSA) is 77.2 Å². The van der Waals surface area contributed by atoms with Crippen molar-refractivity contribution in [2.24, 2.45) is 7.05 Å². The maximum atomic E-state index is 13.4. The number of hydrogen-bond acceptors (Lipinski definition) is 4. The number of hydrogen-bond donors (Lipinski definition) is 1. The first-order chi connectivity index (χ1) is 17.3. The molecule has 0 fully saturated rings. The van der Waals surface area contributed by atoms with E-state index in [0.717, 1.165) is 45.6 Å². The quantitative estimate of drug-likeness (QED) is 0.309. The molecule has 0 atom stereocenters. The summed E-state index contributed by atoms with van der Waals surface area (Å²) in [5.41, 5.74) is 5.48. The van der Waals surface area contributed by atoms with E-state index in [1.54, 1.807) is 17.8 Å². The number of nitrogens with one attached hydrogen (secondary N) is 1. The lowest BCUT2D eigenvalue weighted by molar-refractivity contribution is 0.412. The largest absolute Gasteiger partial charge is 0.496 e. The maximum Gasteiger partial charge on any atom is 0.276 e. The van der Waals surface area contributed by atoms with Gasteiger partial charge in [0.25, 0.3) is 5.56 Å². The average molecular weight is 486 g/mol. The van der Waals surface area contributed by atoms with Crippen LogP contribution >= 0.6 is 0 Å². The second kappa shape index (κ2) is 11.5. The van der Waals surface area contributed by atoms with Crippen LogP contribution in [0.2, 0.25) is 0 Å². The van der Waals surface area contributed by atoms with Crippen molar-refractivity contribution >= 4 is 11.1 Å². The van der Waals surface area contributed by atoms with Crippen LogP contribution in [0.15, 0.2) is 72.0 Å². The van der Waals surface area contributed by atoms with Crippen molar-refractivity contribution in [2.45, 2.75) is 41.0 Å². The fourth-order valence-corrected chi connectivity index (χ4v) is 4.14. The predicted octanol–water partition coefficient (Wildman–Crippen LogP) is 6.36. The highest BCUT2D eigenvalue weighted by Gasteiger charge is 2.21. The van der Waals surface area contributed by atoms with Gasteiger partial charge < -0.3 is 14.3 Å². The SMILES string of the molecule is C=C(/C=C(C)\C=C/CC)c1c(-c2cccc(OC)c2C)cn2nc(-c3nccn3C)[nH]c(=O)c12.CC. The molecule has 36 heavy (non-hydrogen) atoms. The molecule has 0 saturated heterocycles. The highest BCUT2D eigenvalue weighted by atomic mass is 16.5. The molecule has 0 unspecified atom stereocenters. The molecule has 1 N–H and O–H groups in total. The standard InChI is InChI=1S/C27H29N5O2.C2H6/c1-7-8-10-17(2)15-18(3)23-21(20-11-9-12-22(34-6)19(20)4)16-32-24(23)27(33)29-25(30-32)26-28-13-14-31(26)5;1-2/h8-16H,3,7H2,1-2,4-6H3,(H,29,30,33);1-2H3/b10-8-,17-15-;. The molecule has 0 aliphatic carbocycles. The van der Waals surface area contributed by atoms with E-state index in [1.165, 1.54) is 0 Å². The van der Waals surface area contributed by atoms with Gasteiger partial charge in [-0.3, -0.25) is 4.79 Å². The predicted molar refractivity (Wildman–Crippen MR) is 148 cm³/mol. The second-order valence-electron chi connectivity index (χ2n) is 8.23. The fourth-order valence-electron chi connectivity index (χ4n) is 4.14. The summed E-state index contributed by atoms with van der Waals surface area (Å²) in [4.78, 5) is 20.6. The van der Waals surface area contributed by atoms with Crippen LogP contribution in [-0.2, 0) is 7.05 Å². The Hall–Kier alpha value is -4.13. The van der Waals surface area contributed by atoms with Crippen molar-refractivity contribution in [3.8, 4) is 28.5 Å². The van der Waals surface area contributed by atoms with Gasteiger partial charge in [-0.1, -0.05) is 63.3 Å². The highest BCUT2D eigenvalue weighted by molar-refractivity contribution is 5.94. The Balaban J connectivity index is 0.00000176. The first-order valence-electron chi connectivity index (χ1n) is 12.2. The van der Waals surface area contributed by atoms with Gasteiger partial charge in [0.05, 0.1) is 7.11 Å². The third kappa shape index (κ3) is 5.10. The molecule has 3 heterocycles. The van der Waals surface area contributed by atoms with Crippen LogP contribution in [0.25, 0.3) is 33.9 Å². The van der Waals surface area contributed by atoms with Crippen LogP contribution in [0.3, 0.4) is 0 Å². The van der Waals surface area contributed by atoms with E-state index in [9.17, 15) is 4.79 Å². The van der Waals surface area contributed by atoms with E-state index in [0.29, 0.717) is 17.2 Å². The molecule has 188 valence electrons. The minimum atomic E-state index is -0.258. The van der Waals surface area contributed by atoms with Gasteiger partial charge in [-0.05, 0) is 43.0 Å². The summed E-state index contributed by atoms with van der Waals surface area (Å²) in [6.07, 6.45) is 12.5. The van der Waals surface area contributed by atoms with Gasteiger partial charge >= 0.3 is 0 Å². The van der Waals surface area contributed by atoms with E-state index < -0.39 is 0 Å². The molecule has 0 aliphatic rings. The number of fused-ring (bicyclic) bond motifs is 1. The lowest BCUT2D eigenvalue weighted by Crippen LogP contribution is -2.15. The van der Waals surface area contributed by atoms with Crippen LogP contribution in [0.1, 0.15) is 45.2 Å². The number of benzene rings is 1. The van der Waals surface area contributed by atoms with Crippen LogP contribution < -0.4 is 10.3 Å². The molecule has 0 bridgehead atoms. The lowest BCUT2D eigenvalue weighted by Gasteiger charge is -2.11. The molecule has 0 radical (unpaired) electrons. The number of rotatable bonds is 7. The van der Waals surface area contributed by atoms with Crippen molar-refractivity contribution in [1.82, 2.24) is 24.1 Å². The molecule has 7 nitrogen and oxygen atoms in total. The van der Waals surface area contributed by atoms with Crippen LogP contribution in [0.5, 0.6) is 5.75 Å². The Morgan fingerprint density at radius 3 is 2.64 bits per heavy atom. The zero-order valence-corrected chi connectivity index (χ0v) is 22.2. The Morgan fingerprint density at radius 2 is 2.00 bits per heavy atom. The Labute approximate surface area is 212 Å². The lowest BCUT2D eigenvalue weighted by atomic mass is 9.94. The van der Waals surface area contributed by atoms with E-state index in [4.69, 9.17) is 9.84 Å². The summed E-state index contributed by atoms with van der Waals surface area (Å²) < 4.78 is 8.99. The zero-order valence-electron chi connectivity index (χ0n) is 22.2. The summed E-state index contributed by atoms with van der Waals surface area (Å²) >= 11 is 0. The van der Waals surface area contributed by atoms with E-state index in [-0.39, 0.29) is 5.56 Å². The summed E-state index contributed by atoms with van der Waals surface area (Å²) in [7, 11) is 3.51. The van der Waals surface area contributed by atoms with E-state index in [2.05, 4.69) is 35.6 Å². The van der Waals surface area contributed by atoms with Gasteiger partial charge in [0.1, 0.15) is 11.3 Å². The van der Waals surface area contributed by atoms with Gasteiger partial charge in [-0.25, -0.2) is 9.50 Å². The molecule has 0 amide bonds. The molecular formula is C29H35N5O2. The maximum absolute atomic E-state index is 13.4. The summed E-state index contributed by atoms with van der Waals surface area (Å²) in [6, 6.07) is 5.88. The third-order valence-corrected chi connectivity index (χ3v) is 5.81. The van der Waals surface area contributed by atoms with Crippen LogP contribution in [0.4, 0.5) is 0 Å². The van der Waals surface area contributed by atoms with Gasteiger partial charge in [-0.15, -0.1) is 5.10 Å². The Bertz CT molecular complexity index is 1500. The van der Waals surface area contributed by atoms with Crippen molar-refractivity contribution in [3.05, 3.63) is 88.7 Å². The van der Waals surface area contributed by atoms with Crippen LogP contribution in [0, 0.1) is 6.92 Å². The first-order valence-corrected chi connectivity index (χ1v) is 12.2. The van der Waals surface area contributed by atoms with Crippen molar-refractivity contribution in [1.29, 1.82) is 0 Å². The second-order valence-corrected chi connectivity index (χ2v) is 8.23. The Kier molecular flexibility index (Phi) is 8.48. The fraction of sp³-hybridized carbons (Fsp3) is 0.276. The van der Waals surface area contributed by atoms with E-state index >= 15 is 0 Å². The Morgan fingerprint density at radius 1 is 1.25 bits per heavy atom. The number of ether oxygens (including phenoxy) is 1. The minimum Gasteiger partial charge on any atom is -0.496 e. The number of imidazole rings is 1. The number of nitrogens with zero attached hydrogens (tertiary/aromatic N) is 4. The third-order valence-electron chi connectivity index (χ3n) is 5.81. The molecular weight excluding hydrogens is 450 g/mol. The normalized spacial score (nSPS) is 11.6. The first kappa shape index (κ1) is 26.5.